The van der Waals surface area contributed by atoms with Gasteiger partial charge in [0.15, 0.2) is 0 Å². The fourth-order valence-electron chi connectivity index (χ4n) is 2.54. The van der Waals surface area contributed by atoms with Gasteiger partial charge in [0.1, 0.15) is 11.5 Å². The van der Waals surface area contributed by atoms with E-state index in [1.54, 1.807) is 32.4 Å². The normalized spacial score (nSPS) is 10.5. The molecular formula is C18H18N2O3. The van der Waals surface area contributed by atoms with Crippen LogP contribution in [0.15, 0.2) is 48.7 Å². The molecule has 0 aliphatic carbocycles. The van der Waals surface area contributed by atoms with Crippen LogP contribution in [0, 0.1) is 0 Å². The van der Waals surface area contributed by atoms with Gasteiger partial charge in [-0.3, -0.25) is 4.79 Å². The minimum Gasteiger partial charge on any atom is -0.497 e. The highest BCUT2D eigenvalue weighted by Crippen LogP contribution is 2.26. The summed E-state index contributed by atoms with van der Waals surface area (Å²) in [5.74, 6) is 1.17. The Balaban J connectivity index is 1.77. The summed E-state index contributed by atoms with van der Waals surface area (Å²) in [6, 6.07) is 13.2. The number of nitrogens with one attached hydrogen (secondary N) is 2. The van der Waals surface area contributed by atoms with Crippen molar-refractivity contribution >= 4 is 22.5 Å². The molecule has 0 atom stereocenters. The highest BCUT2D eigenvalue weighted by Gasteiger charge is 2.10. The molecule has 5 heteroatoms. The van der Waals surface area contributed by atoms with Crippen LogP contribution in [0.4, 0.5) is 5.69 Å². The van der Waals surface area contributed by atoms with Crippen molar-refractivity contribution < 1.29 is 14.3 Å². The van der Waals surface area contributed by atoms with Crippen LogP contribution in [0.5, 0.6) is 11.5 Å². The van der Waals surface area contributed by atoms with E-state index in [9.17, 15) is 4.79 Å². The lowest BCUT2D eigenvalue weighted by Crippen LogP contribution is -2.14. The van der Waals surface area contributed by atoms with Crippen molar-refractivity contribution in [2.45, 2.75) is 6.42 Å². The van der Waals surface area contributed by atoms with Gasteiger partial charge in [0, 0.05) is 41.0 Å². The Bertz CT molecular complexity index is 817. The second-order valence-electron chi connectivity index (χ2n) is 5.19. The first kappa shape index (κ1) is 15.0. The Morgan fingerprint density at radius 3 is 2.48 bits per heavy atom. The highest BCUT2D eigenvalue weighted by molar-refractivity contribution is 5.96. The van der Waals surface area contributed by atoms with Crippen LogP contribution < -0.4 is 14.8 Å². The molecule has 2 aromatic carbocycles. The van der Waals surface area contributed by atoms with Gasteiger partial charge in [0.05, 0.1) is 20.6 Å². The van der Waals surface area contributed by atoms with Crippen LogP contribution in [-0.2, 0) is 11.2 Å². The molecule has 0 bridgehead atoms. The van der Waals surface area contributed by atoms with Crippen LogP contribution in [-0.4, -0.2) is 25.1 Å². The molecule has 0 unspecified atom stereocenters. The van der Waals surface area contributed by atoms with Crippen molar-refractivity contribution in [1.29, 1.82) is 0 Å². The van der Waals surface area contributed by atoms with E-state index in [2.05, 4.69) is 10.3 Å². The summed E-state index contributed by atoms with van der Waals surface area (Å²) >= 11 is 0. The zero-order valence-electron chi connectivity index (χ0n) is 13.1. The Morgan fingerprint density at radius 1 is 1.09 bits per heavy atom. The van der Waals surface area contributed by atoms with E-state index < -0.39 is 0 Å². The van der Waals surface area contributed by atoms with Gasteiger partial charge in [-0.15, -0.1) is 0 Å². The molecule has 0 saturated carbocycles. The molecule has 0 aliphatic heterocycles. The molecule has 118 valence electrons. The van der Waals surface area contributed by atoms with Crippen molar-refractivity contribution in [3.05, 3.63) is 54.2 Å². The molecule has 0 aliphatic rings. The second-order valence-corrected chi connectivity index (χ2v) is 5.19. The van der Waals surface area contributed by atoms with Gasteiger partial charge in [0.25, 0.3) is 0 Å². The number of methoxy groups -OCH3 is 2. The highest BCUT2D eigenvalue weighted by atomic mass is 16.5. The first-order valence-electron chi connectivity index (χ1n) is 7.27. The zero-order chi connectivity index (χ0) is 16.2. The summed E-state index contributed by atoms with van der Waals surface area (Å²) in [5.41, 5.74) is 2.64. The lowest BCUT2D eigenvalue weighted by molar-refractivity contribution is -0.115. The predicted molar refractivity (Wildman–Crippen MR) is 90.2 cm³/mol. The van der Waals surface area contributed by atoms with E-state index in [0.717, 1.165) is 16.5 Å². The number of para-hydroxylation sites is 1. The molecule has 2 N–H and O–H groups in total. The largest absolute Gasteiger partial charge is 0.497 e. The Kier molecular flexibility index (Phi) is 4.19. The second kappa shape index (κ2) is 6.44. The first-order chi connectivity index (χ1) is 11.2. The number of benzene rings is 2. The number of carbonyl (C=O) groups is 1. The van der Waals surface area contributed by atoms with Gasteiger partial charge in [-0.25, -0.2) is 0 Å². The molecule has 0 fully saturated rings. The number of ether oxygens (including phenoxy) is 2. The van der Waals surface area contributed by atoms with E-state index in [1.165, 1.54) is 0 Å². The maximum absolute atomic E-state index is 12.3. The number of hydrogen-bond acceptors (Lipinski definition) is 3. The molecule has 5 nitrogen and oxygen atoms in total. The molecule has 3 aromatic rings. The van der Waals surface area contributed by atoms with Crippen LogP contribution in [0.2, 0.25) is 0 Å². The third-order valence-corrected chi connectivity index (χ3v) is 3.66. The quantitative estimate of drug-likeness (QED) is 0.759. The maximum Gasteiger partial charge on any atom is 0.228 e. The van der Waals surface area contributed by atoms with Gasteiger partial charge in [-0.2, -0.15) is 0 Å². The fraction of sp³-hybridized carbons (Fsp3) is 0.167. The van der Waals surface area contributed by atoms with Crippen molar-refractivity contribution in [1.82, 2.24) is 4.98 Å². The van der Waals surface area contributed by atoms with Gasteiger partial charge < -0.3 is 19.8 Å². The molecule has 23 heavy (non-hydrogen) atoms. The third kappa shape index (κ3) is 3.29. The predicted octanol–water partition coefficient (Wildman–Crippen LogP) is 3.37. The van der Waals surface area contributed by atoms with Crippen LogP contribution in [0.3, 0.4) is 0 Å². The topological polar surface area (TPSA) is 63.3 Å². The van der Waals surface area contributed by atoms with Crippen LogP contribution in [0.25, 0.3) is 10.9 Å². The third-order valence-electron chi connectivity index (χ3n) is 3.66. The average molecular weight is 310 g/mol. The lowest BCUT2D eigenvalue weighted by atomic mass is 10.1. The zero-order valence-corrected chi connectivity index (χ0v) is 13.1. The summed E-state index contributed by atoms with van der Waals surface area (Å²) in [6.07, 6.45) is 2.17. The SMILES string of the molecule is COc1cc(NC(=O)Cc2c[nH]c3ccccc23)cc(OC)c1. The average Bonchev–Trinajstić information content (AvgIpc) is 2.97. The molecule has 0 spiro atoms. The summed E-state index contributed by atoms with van der Waals surface area (Å²) in [5, 5.41) is 3.94. The number of H-pyrrole nitrogens is 1. The molecular weight excluding hydrogens is 292 g/mol. The smallest absolute Gasteiger partial charge is 0.228 e. The molecule has 1 heterocycles. The van der Waals surface area contributed by atoms with E-state index in [-0.39, 0.29) is 5.91 Å². The van der Waals surface area contributed by atoms with Crippen molar-refractivity contribution in [3.63, 3.8) is 0 Å². The van der Waals surface area contributed by atoms with Crippen LogP contribution in [0.1, 0.15) is 5.56 Å². The Morgan fingerprint density at radius 2 is 1.78 bits per heavy atom. The minimum atomic E-state index is -0.0925. The minimum absolute atomic E-state index is 0.0925. The number of hydrogen-bond donors (Lipinski definition) is 2. The lowest BCUT2D eigenvalue weighted by Gasteiger charge is -2.09. The maximum atomic E-state index is 12.3. The summed E-state index contributed by atoms with van der Waals surface area (Å²) in [4.78, 5) is 15.5. The molecule has 3 rings (SSSR count). The molecule has 1 aromatic heterocycles. The Hall–Kier alpha value is -2.95. The van der Waals surface area contributed by atoms with Gasteiger partial charge in [0.2, 0.25) is 5.91 Å². The fourth-order valence-corrected chi connectivity index (χ4v) is 2.54. The standard InChI is InChI=1S/C18H18N2O3/c1-22-14-8-13(9-15(10-14)23-2)20-18(21)7-12-11-19-17-6-4-3-5-16(12)17/h3-6,8-11,19H,7H2,1-2H3,(H,20,21). The van der Waals surface area contributed by atoms with E-state index >= 15 is 0 Å². The van der Waals surface area contributed by atoms with E-state index in [4.69, 9.17) is 9.47 Å². The number of anilines is 1. The van der Waals surface area contributed by atoms with Gasteiger partial charge in [-0.05, 0) is 11.6 Å². The molecule has 1 amide bonds. The van der Waals surface area contributed by atoms with Gasteiger partial charge >= 0.3 is 0 Å². The number of rotatable bonds is 5. The number of fused-ring (bicyclic) bond motifs is 1. The first-order valence-corrected chi connectivity index (χ1v) is 7.27. The molecule has 0 radical (unpaired) electrons. The van der Waals surface area contributed by atoms with E-state index in [1.807, 2.05) is 30.5 Å². The number of carbonyl (C=O) groups excluding carboxylic acids is 1. The van der Waals surface area contributed by atoms with E-state index in [0.29, 0.717) is 23.6 Å². The Labute approximate surface area is 134 Å². The molecule has 0 saturated heterocycles. The van der Waals surface area contributed by atoms with Crippen molar-refractivity contribution in [2.24, 2.45) is 0 Å². The summed E-state index contributed by atoms with van der Waals surface area (Å²) in [7, 11) is 3.15. The summed E-state index contributed by atoms with van der Waals surface area (Å²) < 4.78 is 10.4. The number of amides is 1. The monoisotopic (exact) mass is 310 g/mol. The number of aromatic nitrogens is 1. The van der Waals surface area contributed by atoms with Crippen LogP contribution >= 0.6 is 0 Å². The van der Waals surface area contributed by atoms with Crippen molar-refractivity contribution in [3.8, 4) is 11.5 Å². The van der Waals surface area contributed by atoms with Gasteiger partial charge in [-0.1, -0.05) is 18.2 Å². The van der Waals surface area contributed by atoms with Crippen molar-refractivity contribution in [2.75, 3.05) is 19.5 Å². The summed E-state index contributed by atoms with van der Waals surface area (Å²) in [6.45, 7) is 0. The number of aromatic amines is 1.